The Balaban J connectivity index is 2.19. The van der Waals surface area contributed by atoms with Crippen molar-refractivity contribution in [3.63, 3.8) is 0 Å². The fourth-order valence-corrected chi connectivity index (χ4v) is 1.16. The van der Waals surface area contributed by atoms with Gasteiger partial charge in [-0.15, -0.1) is 0 Å². The van der Waals surface area contributed by atoms with Crippen LogP contribution in [0.3, 0.4) is 0 Å². The second kappa shape index (κ2) is 2.79. The summed E-state index contributed by atoms with van der Waals surface area (Å²) in [6.07, 6.45) is -0.0270. The van der Waals surface area contributed by atoms with Crippen molar-refractivity contribution in [2.45, 2.75) is 6.23 Å². The highest BCUT2D eigenvalue weighted by molar-refractivity contribution is 5.34. The van der Waals surface area contributed by atoms with Crippen molar-refractivity contribution in [3.8, 4) is 0 Å². The van der Waals surface area contributed by atoms with Crippen LogP contribution in [-0.2, 0) is 4.84 Å². The molecule has 0 spiro atoms. The Kier molecular flexibility index (Phi) is 1.75. The average molecular weight is 180 g/mol. The molecule has 0 aromatic heterocycles. The topological polar surface area (TPSA) is 58.7 Å². The molecule has 0 amide bonds. The van der Waals surface area contributed by atoms with E-state index < -0.39 is 4.92 Å². The van der Waals surface area contributed by atoms with E-state index in [-0.39, 0.29) is 11.9 Å². The molecule has 5 nitrogen and oxygen atoms in total. The van der Waals surface area contributed by atoms with E-state index in [4.69, 9.17) is 4.84 Å². The minimum atomic E-state index is -0.415. The molecule has 1 aliphatic rings. The maximum Gasteiger partial charge on any atom is 0.269 e. The number of hydrogen-bond donors (Lipinski definition) is 0. The number of nitrogens with zero attached hydrogens (tertiary/aromatic N) is 2. The predicted octanol–water partition coefficient (Wildman–Crippen LogP) is 1.47. The van der Waals surface area contributed by atoms with Gasteiger partial charge in [-0.1, -0.05) is 0 Å². The fraction of sp³-hybridized carbons (Fsp3) is 0.250. The van der Waals surface area contributed by atoms with E-state index in [9.17, 15) is 10.1 Å². The molecule has 1 heterocycles. The molecule has 5 heteroatoms. The van der Waals surface area contributed by atoms with Gasteiger partial charge in [-0.3, -0.25) is 15.0 Å². The fourth-order valence-electron chi connectivity index (χ4n) is 1.16. The number of hydrogen-bond acceptors (Lipinski definition) is 4. The summed E-state index contributed by atoms with van der Waals surface area (Å²) in [5, 5.41) is 12.0. The second-order valence-electron chi connectivity index (χ2n) is 2.85. The van der Waals surface area contributed by atoms with Crippen molar-refractivity contribution in [1.82, 2.24) is 5.06 Å². The lowest BCUT2D eigenvalue weighted by Gasteiger charge is -1.93. The molecule has 0 radical (unpaired) electrons. The van der Waals surface area contributed by atoms with Gasteiger partial charge in [-0.2, -0.15) is 5.06 Å². The molecule has 0 saturated carbocycles. The van der Waals surface area contributed by atoms with Crippen LogP contribution in [-0.4, -0.2) is 17.0 Å². The number of nitro benzene ring substituents is 1. The van der Waals surface area contributed by atoms with Crippen LogP contribution in [0.25, 0.3) is 0 Å². The van der Waals surface area contributed by atoms with Gasteiger partial charge in [0.05, 0.1) is 4.92 Å². The van der Waals surface area contributed by atoms with E-state index in [0.29, 0.717) is 0 Å². The highest BCUT2D eigenvalue weighted by atomic mass is 16.8. The van der Waals surface area contributed by atoms with Crippen LogP contribution < -0.4 is 0 Å². The minimum Gasteiger partial charge on any atom is -0.270 e. The van der Waals surface area contributed by atoms with E-state index in [2.05, 4.69) is 0 Å². The SMILES string of the molecule is CN1O[C@@H]1c1ccc([N+](=O)[O-])cc1. The Morgan fingerprint density at radius 2 is 2.00 bits per heavy atom. The lowest BCUT2D eigenvalue weighted by Crippen LogP contribution is -1.90. The van der Waals surface area contributed by atoms with Gasteiger partial charge in [0.2, 0.25) is 0 Å². The maximum absolute atomic E-state index is 10.3. The van der Waals surface area contributed by atoms with Crippen molar-refractivity contribution >= 4 is 5.69 Å². The first-order valence-corrected chi connectivity index (χ1v) is 3.82. The number of rotatable bonds is 2. The first kappa shape index (κ1) is 8.15. The van der Waals surface area contributed by atoms with Gasteiger partial charge in [0, 0.05) is 24.7 Å². The molecule has 2 atom stereocenters. The largest absolute Gasteiger partial charge is 0.270 e. The van der Waals surface area contributed by atoms with Crippen LogP contribution in [0.4, 0.5) is 5.69 Å². The van der Waals surface area contributed by atoms with Crippen LogP contribution in [0.5, 0.6) is 0 Å². The smallest absolute Gasteiger partial charge is 0.269 e. The van der Waals surface area contributed by atoms with Gasteiger partial charge in [-0.05, 0) is 12.1 Å². The Morgan fingerprint density at radius 3 is 2.38 bits per heavy atom. The predicted molar refractivity (Wildman–Crippen MR) is 44.7 cm³/mol. The van der Waals surface area contributed by atoms with Gasteiger partial charge >= 0.3 is 0 Å². The monoisotopic (exact) mass is 180 g/mol. The quantitative estimate of drug-likeness (QED) is 0.393. The molecule has 2 rings (SSSR count). The molecule has 0 N–H and O–H groups in total. The van der Waals surface area contributed by atoms with Gasteiger partial charge in [0.15, 0.2) is 6.23 Å². The molecule has 0 aliphatic carbocycles. The molecule has 1 aliphatic heterocycles. The van der Waals surface area contributed by atoms with Crippen molar-refractivity contribution in [3.05, 3.63) is 39.9 Å². The molecular formula is C8H8N2O3. The first-order chi connectivity index (χ1) is 6.18. The number of hydroxylamine groups is 2. The zero-order valence-corrected chi connectivity index (χ0v) is 7.01. The first-order valence-electron chi connectivity index (χ1n) is 3.82. The van der Waals surface area contributed by atoms with Crippen molar-refractivity contribution in [1.29, 1.82) is 0 Å². The molecular weight excluding hydrogens is 172 g/mol. The van der Waals surface area contributed by atoms with Gasteiger partial charge < -0.3 is 0 Å². The van der Waals surface area contributed by atoms with E-state index in [0.717, 1.165) is 5.56 Å². The van der Waals surface area contributed by atoms with E-state index in [1.807, 2.05) is 7.05 Å². The zero-order valence-electron chi connectivity index (χ0n) is 7.01. The molecule has 1 fully saturated rings. The third-order valence-electron chi connectivity index (χ3n) is 1.94. The Bertz CT molecular complexity index is 336. The van der Waals surface area contributed by atoms with E-state index in [1.54, 1.807) is 17.2 Å². The van der Waals surface area contributed by atoms with Crippen LogP contribution in [0, 0.1) is 10.1 Å². The molecule has 1 unspecified atom stereocenters. The Morgan fingerprint density at radius 1 is 1.46 bits per heavy atom. The second-order valence-corrected chi connectivity index (χ2v) is 2.85. The molecule has 68 valence electrons. The molecule has 1 aromatic carbocycles. The molecule has 13 heavy (non-hydrogen) atoms. The third kappa shape index (κ3) is 1.51. The summed E-state index contributed by atoms with van der Waals surface area (Å²) in [4.78, 5) is 15.0. The van der Waals surface area contributed by atoms with Crippen molar-refractivity contribution < 1.29 is 9.76 Å². The molecule has 0 bridgehead atoms. The van der Waals surface area contributed by atoms with Gasteiger partial charge in [0.1, 0.15) is 0 Å². The van der Waals surface area contributed by atoms with Crippen molar-refractivity contribution in [2.24, 2.45) is 0 Å². The average Bonchev–Trinajstić information content (AvgIpc) is 2.83. The lowest BCUT2D eigenvalue weighted by molar-refractivity contribution is -0.384. The lowest BCUT2D eigenvalue weighted by atomic mass is 10.2. The standard InChI is InChI=1S/C8H8N2O3/c1-9-8(13-9)6-2-4-7(5-3-6)10(11)12/h2-5,8H,1H3/t8-,9?/m1/s1. The third-order valence-corrected chi connectivity index (χ3v) is 1.94. The minimum absolute atomic E-state index is 0.0270. The van der Waals surface area contributed by atoms with E-state index in [1.165, 1.54) is 12.1 Å². The number of non-ortho nitro benzene ring substituents is 1. The summed E-state index contributed by atoms with van der Waals surface area (Å²) in [5.74, 6) is 0. The van der Waals surface area contributed by atoms with Crippen LogP contribution in [0.2, 0.25) is 0 Å². The summed E-state index contributed by atoms with van der Waals surface area (Å²) in [6.45, 7) is 0. The summed E-state index contributed by atoms with van der Waals surface area (Å²) < 4.78 is 0. The Hall–Kier alpha value is -1.46. The highest BCUT2D eigenvalue weighted by Crippen LogP contribution is 2.34. The normalized spacial score (nSPS) is 25.6. The molecule has 1 aromatic rings. The van der Waals surface area contributed by atoms with Crippen LogP contribution in [0.1, 0.15) is 11.8 Å². The van der Waals surface area contributed by atoms with Crippen molar-refractivity contribution in [2.75, 3.05) is 7.05 Å². The summed E-state index contributed by atoms with van der Waals surface area (Å²) >= 11 is 0. The number of nitro groups is 1. The summed E-state index contributed by atoms with van der Waals surface area (Å²) in [6, 6.07) is 6.36. The van der Waals surface area contributed by atoms with Crippen LogP contribution in [0.15, 0.2) is 24.3 Å². The van der Waals surface area contributed by atoms with Gasteiger partial charge in [0.25, 0.3) is 5.69 Å². The zero-order chi connectivity index (χ0) is 9.42. The summed E-state index contributed by atoms with van der Waals surface area (Å²) in [5.41, 5.74) is 1.04. The Labute approximate surface area is 74.6 Å². The maximum atomic E-state index is 10.3. The summed E-state index contributed by atoms with van der Waals surface area (Å²) in [7, 11) is 1.81. The number of benzene rings is 1. The highest BCUT2D eigenvalue weighted by Gasteiger charge is 2.33. The van der Waals surface area contributed by atoms with Crippen LogP contribution >= 0.6 is 0 Å². The van der Waals surface area contributed by atoms with E-state index >= 15 is 0 Å². The van der Waals surface area contributed by atoms with Gasteiger partial charge in [-0.25, -0.2) is 0 Å². The molecule has 1 saturated heterocycles.